The van der Waals surface area contributed by atoms with Crippen molar-refractivity contribution in [1.29, 1.82) is 0 Å². The minimum atomic E-state index is 0.0608. The number of anilines is 1. The van der Waals surface area contributed by atoms with E-state index in [0.29, 0.717) is 0 Å². The van der Waals surface area contributed by atoms with Crippen molar-refractivity contribution in [3.8, 4) is 5.75 Å². The van der Waals surface area contributed by atoms with Gasteiger partial charge in [-0.25, -0.2) is 0 Å². The lowest BCUT2D eigenvalue weighted by Crippen LogP contribution is -2.06. The number of hydrogen-bond donors (Lipinski definition) is 2. The average Bonchev–Trinajstić information content (AvgIpc) is 2.86. The standard InChI is InChI=1S/C17H17NO2/c1-11-9-14(19)7-8-15(11)18-12(2)17-10-13-5-3-4-6-16(13)20-17/h3-10,12,18-19H,1-2H3. The topological polar surface area (TPSA) is 45.4 Å². The summed E-state index contributed by atoms with van der Waals surface area (Å²) < 4.78 is 5.85. The number of fused-ring (bicyclic) bond motifs is 1. The molecule has 1 heterocycles. The molecular weight excluding hydrogens is 250 g/mol. The number of benzene rings is 2. The zero-order valence-corrected chi connectivity index (χ0v) is 11.6. The molecule has 0 saturated heterocycles. The Bertz CT molecular complexity index is 713. The normalized spacial score (nSPS) is 12.5. The van der Waals surface area contributed by atoms with Crippen molar-refractivity contribution in [2.75, 3.05) is 5.32 Å². The van der Waals surface area contributed by atoms with Crippen molar-refractivity contribution in [3.63, 3.8) is 0 Å². The summed E-state index contributed by atoms with van der Waals surface area (Å²) in [5.41, 5.74) is 2.90. The fourth-order valence-electron chi connectivity index (χ4n) is 2.33. The van der Waals surface area contributed by atoms with Crippen molar-refractivity contribution in [1.82, 2.24) is 0 Å². The van der Waals surface area contributed by atoms with Crippen LogP contribution < -0.4 is 5.32 Å². The van der Waals surface area contributed by atoms with Gasteiger partial charge in [-0.2, -0.15) is 0 Å². The molecule has 0 saturated carbocycles. The van der Waals surface area contributed by atoms with Gasteiger partial charge >= 0.3 is 0 Å². The second kappa shape index (κ2) is 4.93. The molecule has 1 aromatic heterocycles. The van der Waals surface area contributed by atoms with Gasteiger partial charge in [0.15, 0.2) is 0 Å². The molecule has 2 aromatic carbocycles. The monoisotopic (exact) mass is 267 g/mol. The van der Waals surface area contributed by atoms with Crippen LogP contribution in [0.3, 0.4) is 0 Å². The van der Waals surface area contributed by atoms with E-state index in [9.17, 15) is 5.11 Å². The first kappa shape index (κ1) is 12.6. The molecule has 0 spiro atoms. The fraction of sp³-hybridized carbons (Fsp3) is 0.176. The van der Waals surface area contributed by atoms with Gasteiger partial charge in [-0.15, -0.1) is 0 Å². The van der Waals surface area contributed by atoms with Crippen LogP contribution in [0.25, 0.3) is 11.0 Å². The number of phenolic OH excluding ortho intramolecular Hbond substituents is 1. The third-order valence-electron chi connectivity index (χ3n) is 3.45. The molecule has 1 unspecified atom stereocenters. The van der Waals surface area contributed by atoms with Crippen molar-refractivity contribution < 1.29 is 9.52 Å². The molecule has 0 aliphatic carbocycles. The van der Waals surface area contributed by atoms with E-state index in [4.69, 9.17) is 4.42 Å². The Morgan fingerprint density at radius 2 is 1.90 bits per heavy atom. The van der Waals surface area contributed by atoms with Crippen molar-refractivity contribution in [3.05, 3.63) is 59.9 Å². The molecule has 3 nitrogen and oxygen atoms in total. The molecule has 0 fully saturated rings. The Hall–Kier alpha value is -2.42. The van der Waals surface area contributed by atoms with Gasteiger partial charge in [0.1, 0.15) is 17.1 Å². The van der Waals surface area contributed by atoms with E-state index in [0.717, 1.165) is 28.0 Å². The Balaban J connectivity index is 1.86. The van der Waals surface area contributed by atoms with E-state index in [-0.39, 0.29) is 11.8 Å². The van der Waals surface area contributed by atoms with Crippen LogP contribution in [0, 0.1) is 6.92 Å². The van der Waals surface area contributed by atoms with Crippen molar-refractivity contribution >= 4 is 16.7 Å². The van der Waals surface area contributed by atoms with Crippen molar-refractivity contribution in [2.45, 2.75) is 19.9 Å². The fourth-order valence-corrected chi connectivity index (χ4v) is 2.33. The van der Waals surface area contributed by atoms with Crippen LogP contribution in [0.2, 0.25) is 0 Å². The largest absolute Gasteiger partial charge is 0.508 e. The average molecular weight is 267 g/mol. The molecule has 0 aliphatic heterocycles. The maximum absolute atomic E-state index is 9.44. The molecular formula is C17H17NO2. The van der Waals surface area contributed by atoms with Gasteiger partial charge in [0.05, 0.1) is 6.04 Å². The lowest BCUT2D eigenvalue weighted by atomic mass is 10.1. The predicted octanol–water partition coefficient (Wildman–Crippen LogP) is 4.62. The van der Waals surface area contributed by atoms with Crippen LogP contribution in [0.1, 0.15) is 24.3 Å². The molecule has 0 aliphatic rings. The second-order valence-corrected chi connectivity index (χ2v) is 5.05. The highest BCUT2D eigenvalue weighted by Gasteiger charge is 2.12. The molecule has 3 aromatic rings. The molecule has 0 amide bonds. The summed E-state index contributed by atoms with van der Waals surface area (Å²) >= 11 is 0. The lowest BCUT2D eigenvalue weighted by Gasteiger charge is -2.15. The Kier molecular flexibility index (Phi) is 3.11. The van der Waals surface area contributed by atoms with Gasteiger partial charge in [0.25, 0.3) is 0 Å². The van der Waals surface area contributed by atoms with E-state index in [1.807, 2.05) is 37.3 Å². The van der Waals surface area contributed by atoms with Crippen LogP contribution in [0.15, 0.2) is 52.9 Å². The van der Waals surface area contributed by atoms with Gasteiger partial charge in [-0.3, -0.25) is 0 Å². The highest BCUT2D eigenvalue weighted by molar-refractivity contribution is 5.78. The number of para-hydroxylation sites is 1. The summed E-state index contributed by atoms with van der Waals surface area (Å²) in [6.45, 7) is 4.03. The maximum Gasteiger partial charge on any atom is 0.134 e. The summed E-state index contributed by atoms with van der Waals surface area (Å²) in [5.74, 6) is 1.18. The number of aromatic hydroxyl groups is 1. The van der Waals surface area contributed by atoms with E-state index >= 15 is 0 Å². The number of furan rings is 1. The van der Waals surface area contributed by atoms with Gasteiger partial charge in [0.2, 0.25) is 0 Å². The zero-order chi connectivity index (χ0) is 14.1. The molecule has 20 heavy (non-hydrogen) atoms. The Morgan fingerprint density at radius 3 is 2.65 bits per heavy atom. The van der Waals surface area contributed by atoms with Crippen LogP contribution in [0.4, 0.5) is 5.69 Å². The third kappa shape index (κ3) is 2.35. The number of nitrogens with one attached hydrogen (secondary N) is 1. The van der Waals surface area contributed by atoms with Crippen LogP contribution >= 0.6 is 0 Å². The highest BCUT2D eigenvalue weighted by Crippen LogP contribution is 2.28. The smallest absolute Gasteiger partial charge is 0.134 e. The Morgan fingerprint density at radius 1 is 1.10 bits per heavy atom. The number of rotatable bonds is 3. The second-order valence-electron chi connectivity index (χ2n) is 5.05. The molecule has 3 rings (SSSR count). The summed E-state index contributed by atoms with van der Waals surface area (Å²) in [6, 6.07) is 15.4. The van der Waals surface area contributed by atoms with Crippen LogP contribution in [0.5, 0.6) is 5.75 Å². The third-order valence-corrected chi connectivity index (χ3v) is 3.45. The Labute approximate surface area is 117 Å². The van der Waals surface area contributed by atoms with Crippen LogP contribution in [-0.2, 0) is 0 Å². The van der Waals surface area contributed by atoms with Gasteiger partial charge in [-0.05, 0) is 49.7 Å². The SMILES string of the molecule is Cc1cc(O)ccc1NC(C)c1cc2ccccc2o1. The molecule has 2 N–H and O–H groups in total. The minimum absolute atomic E-state index is 0.0608. The summed E-state index contributed by atoms with van der Waals surface area (Å²) in [7, 11) is 0. The van der Waals surface area contributed by atoms with Gasteiger partial charge in [0, 0.05) is 11.1 Å². The lowest BCUT2D eigenvalue weighted by molar-refractivity contribution is 0.475. The quantitative estimate of drug-likeness (QED) is 0.680. The molecule has 102 valence electrons. The highest BCUT2D eigenvalue weighted by atomic mass is 16.3. The summed E-state index contributed by atoms with van der Waals surface area (Å²) in [4.78, 5) is 0. The van der Waals surface area contributed by atoms with E-state index < -0.39 is 0 Å². The number of phenols is 1. The zero-order valence-electron chi connectivity index (χ0n) is 11.6. The summed E-state index contributed by atoms with van der Waals surface area (Å²) in [5, 5.41) is 14.0. The van der Waals surface area contributed by atoms with E-state index in [1.165, 1.54) is 0 Å². The molecule has 3 heteroatoms. The minimum Gasteiger partial charge on any atom is -0.508 e. The van der Waals surface area contributed by atoms with E-state index in [1.54, 1.807) is 12.1 Å². The van der Waals surface area contributed by atoms with Gasteiger partial charge < -0.3 is 14.8 Å². The maximum atomic E-state index is 9.44. The van der Waals surface area contributed by atoms with Crippen molar-refractivity contribution in [2.24, 2.45) is 0 Å². The number of hydrogen-bond acceptors (Lipinski definition) is 3. The molecule has 1 atom stereocenters. The molecule has 0 bridgehead atoms. The van der Waals surface area contributed by atoms with Crippen LogP contribution in [-0.4, -0.2) is 5.11 Å². The molecule has 0 radical (unpaired) electrons. The predicted molar refractivity (Wildman–Crippen MR) is 81.1 cm³/mol. The number of aryl methyl sites for hydroxylation is 1. The first-order valence-corrected chi connectivity index (χ1v) is 6.68. The first-order valence-electron chi connectivity index (χ1n) is 6.68. The van der Waals surface area contributed by atoms with Gasteiger partial charge in [-0.1, -0.05) is 18.2 Å². The van der Waals surface area contributed by atoms with E-state index in [2.05, 4.69) is 18.3 Å². The summed E-state index contributed by atoms with van der Waals surface area (Å²) in [6.07, 6.45) is 0. The first-order chi connectivity index (χ1) is 9.63.